The maximum atomic E-state index is 12.3. The number of halogens is 4. The first-order chi connectivity index (χ1) is 8.79. The molecule has 2 N–H and O–H groups in total. The number of hydrogen-bond donors (Lipinski definition) is 2. The minimum Gasteiger partial charge on any atom is -0.507 e. The van der Waals surface area contributed by atoms with Crippen LogP contribution in [0.25, 0.3) is 0 Å². The third-order valence-corrected chi connectivity index (χ3v) is 2.56. The molecule has 8 heteroatoms. The van der Waals surface area contributed by atoms with Crippen LogP contribution in [0.15, 0.2) is 24.3 Å². The van der Waals surface area contributed by atoms with Crippen LogP contribution in [0.3, 0.4) is 0 Å². The normalized spacial score (nSPS) is 11.6. The van der Waals surface area contributed by atoms with Crippen LogP contribution in [0.5, 0.6) is 5.75 Å². The number of nitrogens with one attached hydrogen (secondary N) is 1. The van der Waals surface area contributed by atoms with E-state index in [4.69, 9.17) is 11.6 Å². The van der Waals surface area contributed by atoms with E-state index in [1.54, 1.807) is 5.10 Å². The van der Waals surface area contributed by atoms with E-state index < -0.39 is 29.1 Å². The number of ketones is 1. The number of carbonyl (C=O) groups is 1. The molecular formula is C11H6ClF3N2O2. The van der Waals surface area contributed by atoms with Gasteiger partial charge in [-0.15, -0.1) is 0 Å². The van der Waals surface area contributed by atoms with Gasteiger partial charge in [0, 0.05) is 5.02 Å². The zero-order valence-electron chi connectivity index (χ0n) is 9.12. The van der Waals surface area contributed by atoms with Gasteiger partial charge in [0.05, 0.1) is 5.56 Å². The van der Waals surface area contributed by atoms with Crippen molar-refractivity contribution in [2.45, 2.75) is 6.18 Å². The van der Waals surface area contributed by atoms with Gasteiger partial charge in [-0.3, -0.25) is 9.89 Å². The summed E-state index contributed by atoms with van der Waals surface area (Å²) >= 11 is 5.59. The highest BCUT2D eigenvalue weighted by Gasteiger charge is 2.34. The number of hydrogen-bond acceptors (Lipinski definition) is 3. The third-order valence-electron chi connectivity index (χ3n) is 2.32. The van der Waals surface area contributed by atoms with Crippen LogP contribution in [-0.4, -0.2) is 21.1 Å². The van der Waals surface area contributed by atoms with Crippen LogP contribution in [0.1, 0.15) is 21.7 Å². The topological polar surface area (TPSA) is 66.0 Å². The molecule has 0 aliphatic heterocycles. The Morgan fingerprint density at radius 1 is 1.32 bits per heavy atom. The van der Waals surface area contributed by atoms with Gasteiger partial charge in [-0.1, -0.05) is 11.6 Å². The SMILES string of the molecule is O=C(c1cc(C(F)(F)F)[nH]n1)c1ccc(Cl)cc1O. The summed E-state index contributed by atoms with van der Waals surface area (Å²) in [5, 5.41) is 14.7. The Labute approximate surface area is 109 Å². The number of aromatic amines is 1. The number of nitrogens with zero attached hydrogens (tertiary/aromatic N) is 1. The quantitative estimate of drug-likeness (QED) is 0.836. The number of aromatic hydroxyl groups is 1. The number of aromatic nitrogens is 2. The maximum Gasteiger partial charge on any atom is 0.432 e. The van der Waals surface area contributed by atoms with E-state index in [0.717, 1.165) is 6.07 Å². The molecule has 0 bridgehead atoms. The van der Waals surface area contributed by atoms with Crippen molar-refractivity contribution in [1.29, 1.82) is 0 Å². The van der Waals surface area contributed by atoms with Gasteiger partial charge in [-0.2, -0.15) is 18.3 Å². The van der Waals surface area contributed by atoms with Gasteiger partial charge in [-0.25, -0.2) is 0 Å². The lowest BCUT2D eigenvalue weighted by Gasteiger charge is -2.02. The van der Waals surface area contributed by atoms with Crippen molar-refractivity contribution < 1.29 is 23.1 Å². The molecule has 0 saturated heterocycles. The van der Waals surface area contributed by atoms with Crippen molar-refractivity contribution in [3.05, 3.63) is 46.2 Å². The Kier molecular flexibility index (Phi) is 3.23. The third kappa shape index (κ3) is 2.70. The minimum absolute atomic E-state index is 0.176. The van der Waals surface area contributed by atoms with Crippen LogP contribution in [0.4, 0.5) is 13.2 Å². The molecule has 0 unspecified atom stereocenters. The molecule has 1 aromatic heterocycles. The average molecular weight is 291 g/mol. The van der Waals surface area contributed by atoms with Crippen molar-refractivity contribution in [1.82, 2.24) is 10.2 Å². The number of carbonyl (C=O) groups excluding carboxylic acids is 1. The summed E-state index contributed by atoms with van der Waals surface area (Å²) in [6.07, 6.45) is -4.62. The molecule has 1 heterocycles. The Balaban J connectivity index is 2.37. The zero-order chi connectivity index (χ0) is 14.2. The smallest absolute Gasteiger partial charge is 0.432 e. The van der Waals surface area contributed by atoms with E-state index in [9.17, 15) is 23.1 Å². The van der Waals surface area contributed by atoms with E-state index in [-0.39, 0.29) is 10.6 Å². The highest BCUT2D eigenvalue weighted by atomic mass is 35.5. The van der Waals surface area contributed by atoms with Gasteiger partial charge in [0.15, 0.2) is 0 Å². The summed E-state index contributed by atoms with van der Waals surface area (Å²) in [5.41, 5.74) is -1.75. The summed E-state index contributed by atoms with van der Waals surface area (Å²) in [6.45, 7) is 0. The van der Waals surface area contributed by atoms with Crippen LogP contribution < -0.4 is 0 Å². The average Bonchev–Trinajstić information content (AvgIpc) is 2.76. The number of rotatable bonds is 2. The first kappa shape index (κ1) is 13.4. The van der Waals surface area contributed by atoms with Crippen molar-refractivity contribution >= 4 is 17.4 Å². The molecule has 0 radical (unpaired) electrons. The maximum absolute atomic E-state index is 12.3. The number of phenolic OH excluding ortho intramolecular Hbond substituents is 1. The van der Waals surface area contributed by atoms with Gasteiger partial charge in [0.25, 0.3) is 0 Å². The largest absolute Gasteiger partial charge is 0.507 e. The molecule has 0 spiro atoms. The molecule has 2 aromatic rings. The van der Waals surface area contributed by atoms with Crippen molar-refractivity contribution in [3.63, 3.8) is 0 Å². The number of phenols is 1. The summed E-state index contributed by atoms with van der Waals surface area (Å²) < 4.78 is 37.0. The van der Waals surface area contributed by atoms with E-state index in [1.165, 1.54) is 12.1 Å². The number of benzene rings is 1. The predicted octanol–water partition coefficient (Wildman–Crippen LogP) is 3.02. The highest BCUT2D eigenvalue weighted by Crippen LogP contribution is 2.29. The molecule has 2 rings (SSSR count). The summed E-state index contributed by atoms with van der Waals surface area (Å²) in [4.78, 5) is 11.9. The summed E-state index contributed by atoms with van der Waals surface area (Å²) in [7, 11) is 0. The molecule has 0 aliphatic rings. The Bertz CT molecular complexity index is 637. The molecule has 0 amide bonds. The predicted molar refractivity (Wildman–Crippen MR) is 60.1 cm³/mol. The fourth-order valence-corrected chi connectivity index (χ4v) is 1.58. The van der Waals surface area contributed by atoms with E-state index in [0.29, 0.717) is 6.07 Å². The molecule has 0 saturated carbocycles. The molecule has 0 atom stereocenters. The minimum atomic E-state index is -4.62. The van der Waals surface area contributed by atoms with Gasteiger partial charge in [0.2, 0.25) is 5.78 Å². The van der Waals surface area contributed by atoms with Gasteiger partial charge < -0.3 is 5.11 Å². The van der Waals surface area contributed by atoms with Crippen molar-refractivity contribution in [2.24, 2.45) is 0 Å². The standard InChI is InChI=1S/C11H6ClF3N2O2/c12-5-1-2-6(8(18)3-5)10(19)7-4-9(17-16-7)11(13,14)15/h1-4,18H,(H,16,17). The number of alkyl halides is 3. The molecule has 100 valence electrons. The van der Waals surface area contributed by atoms with Crippen LogP contribution in [-0.2, 0) is 6.18 Å². The first-order valence-electron chi connectivity index (χ1n) is 4.95. The van der Waals surface area contributed by atoms with E-state index in [1.807, 2.05) is 0 Å². The first-order valence-corrected chi connectivity index (χ1v) is 5.32. The second-order valence-corrected chi connectivity index (χ2v) is 4.09. The molecule has 0 fully saturated rings. The summed E-state index contributed by atoms with van der Waals surface area (Å²) in [6, 6.07) is 4.25. The second-order valence-electron chi connectivity index (χ2n) is 3.66. The number of H-pyrrole nitrogens is 1. The van der Waals surface area contributed by atoms with Crippen LogP contribution in [0, 0.1) is 0 Å². The van der Waals surface area contributed by atoms with Crippen LogP contribution in [0.2, 0.25) is 5.02 Å². The molecule has 1 aromatic carbocycles. The van der Waals surface area contributed by atoms with Gasteiger partial charge in [-0.05, 0) is 24.3 Å². The second kappa shape index (κ2) is 4.58. The fraction of sp³-hybridized carbons (Fsp3) is 0.0909. The Hall–Kier alpha value is -2.02. The Morgan fingerprint density at radius 2 is 2.00 bits per heavy atom. The molecular weight excluding hydrogens is 285 g/mol. The molecule has 0 aliphatic carbocycles. The lowest BCUT2D eigenvalue weighted by Crippen LogP contribution is -2.05. The van der Waals surface area contributed by atoms with Crippen molar-refractivity contribution in [2.75, 3.05) is 0 Å². The highest BCUT2D eigenvalue weighted by molar-refractivity contribution is 6.31. The lowest BCUT2D eigenvalue weighted by atomic mass is 10.1. The molecule has 4 nitrogen and oxygen atoms in total. The fourth-order valence-electron chi connectivity index (χ4n) is 1.42. The lowest BCUT2D eigenvalue weighted by molar-refractivity contribution is -0.141. The zero-order valence-corrected chi connectivity index (χ0v) is 9.88. The van der Waals surface area contributed by atoms with Gasteiger partial charge >= 0.3 is 6.18 Å². The van der Waals surface area contributed by atoms with E-state index >= 15 is 0 Å². The van der Waals surface area contributed by atoms with E-state index in [2.05, 4.69) is 5.10 Å². The van der Waals surface area contributed by atoms with Gasteiger partial charge in [0.1, 0.15) is 17.1 Å². The van der Waals surface area contributed by atoms with Crippen molar-refractivity contribution in [3.8, 4) is 5.75 Å². The monoisotopic (exact) mass is 290 g/mol. The Morgan fingerprint density at radius 3 is 2.53 bits per heavy atom. The summed E-state index contributed by atoms with van der Waals surface area (Å²) in [5.74, 6) is -1.25. The molecule has 19 heavy (non-hydrogen) atoms. The van der Waals surface area contributed by atoms with Crippen LogP contribution >= 0.6 is 11.6 Å².